The number of primary amides is 2. The van der Waals surface area contributed by atoms with Crippen molar-refractivity contribution in [3.63, 3.8) is 0 Å². The van der Waals surface area contributed by atoms with E-state index in [9.17, 15) is 86.6 Å². The average Bonchev–Trinajstić information content (AvgIpc) is 1.66. The molecule has 742 valence electrons. The maximum atomic E-state index is 15.1. The number of fused-ring (bicyclic) bond motifs is 1. The summed E-state index contributed by atoms with van der Waals surface area (Å²) >= 11 is 0. The molecule has 6 aliphatic rings. The minimum Gasteiger partial charge on any atom is -0.481 e. The van der Waals surface area contributed by atoms with Gasteiger partial charge in [-0.2, -0.15) is 0 Å². The number of hydrogen-bond donors (Lipinski definition) is 27. The smallest absolute Gasteiger partial charge is 0.305 e. The van der Waals surface area contributed by atoms with Gasteiger partial charge < -0.3 is 134 Å². The van der Waals surface area contributed by atoms with E-state index < -0.39 is 228 Å². The first-order valence-electron chi connectivity index (χ1n) is 47.3. The fourth-order valence-electron chi connectivity index (χ4n) is 19.0. The van der Waals surface area contributed by atoms with Crippen LogP contribution in [0.5, 0.6) is 0 Å². The highest BCUT2D eigenvalue weighted by atomic mass is 16.4. The third-order valence-electron chi connectivity index (χ3n) is 26.1. The molecule has 8 rings (SSSR count). The topological polar surface area (TPSA) is 738 Å². The van der Waals surface area contributed by atoms with Crippen LogP contribution in [0.3, 0.4) is 0 Å². The van der Waals surface area contributed by atoms with Gasteiger partial charge in [0.25, 0.3) is 0 Å². The fourth-order valence-corrected chi connectivity index (χ4v) is 19.0. The zero-order chi connectivity index (χ0) is 97.7. The molecular formula is C89H142N26O19. The van der Waals surface area contributed by atoms with E-state index in [4.69, 9.17) is 39.5 Å². The Hall–Kier alpha value is -12.3. The number of benzene rings is 1. The number of hydrogen-bond acceptors (Lipinski definition) is 22. The van der Waals surface area contributed by atoms with E-state index in [0.29, 0.717) is 102 Å². The predicted molar refractivity (Wildman–Crippen MR) is 491 cm³/mol. The number of aromatic nitrogens is 1. The van der Waals surface area contributed by atoms with E-state index in [0.717, 1.165) is 62.3 Å². The van der Waals surface area contributed by atoms with Crippen LogP contribution in [0.4, 0.5) is 0 Å². The molecule has 1 aromatic heterocycles. The lowest BCUT2D eigenvalue weighted by Gasteiger charge is -2.29. The first kappa shape index (κ1) is 107. The van der Waals surface area contributed by atoms with Crippen LogP contribution in [0.2, 0.25) is 0 Å². The molecule has 6 fully saturated rings. The monoisotopic (exact) mass is 1880 g/mol. The number of rotatable bonds is 53. The summed E-state index contributed by atoms with van der Waals surface area (Å²) in [5.74, 6) is -17.7. The predicted octanol–water partition coefficient (Wildman–Crippen LogP) is -3.88. The van der Waals surface area contributed by atoms with Crippen LogP contribution >= 0.6 is 0 Å². The second-order valence-electron chi connectivity index (χ2n) is 36.6. The van der Waals surface area contributed by atoms with Crippen molar-refractivity contribution in [1.82, 2.24) is 101 Å². The van der Waals surface area contributed by atoms with Gasteiger partial charge in [-0.3, -0.25) is 97.1 Å². The number of carbonyl (C=O) groups is 18. The highest BCUT2D eigenvalue weighted by Crippen LogP contribution is 2.33. The Labute approximate surface area is 779 Å². The van der Waals surface area contributed by atoms with Gasteiger partial charge in [-0.25, -0.2) is 0 Å². The number of H-pyrrole nitrogens is 1. The van der Waals surface area contributed by atoms with E-state index >= 15 is 4.79 Å². The van der Waals surface area contributed by atoms with Gasteiger partial charge in [0.15, 0.2) is 11.9 Å². The molecule has 0 spiro atoms. The number of carbonyl (C=O) groups excluding carboxylic acids is 17. The van der Waals surface area contributed by atoms with Gasteiger partial charge in [0, 0.05) is 87.2 Å². The van der Waals surface area contributed by atoms with E-state index in [1.165, 1.54) is 20.8 Å². The van der Waals surface area contributed by atoms with Crippen LogP contribution < -0.4 is 124 Å². The second kappa shape index (κ2) is 54.1. The Morgan fingerprint density at radius 3 is 1.46 bits per heavy atom. The highest BCUT2D eigenvalue weighted by molar-refractivity contribution is 6.00. The molecule has 5 aliphatic carbocycles. The molecule has 2 heterocycles. The molecule has 17 amide bonds. The van der Waals surface area contributed by atoms with Crippen molar-refractivity contribution in [2.75, 3.05) is 39.3 Å². The molecule has 1 aliphatic heterocycles. The average molecular weight is 1880 g/mol. The first-order valence-corrected chi connectivity index (χ1v) is 47.3. The van der Waals surface area contributed by atoms with Crippen molar-refractivity contribution in [2.24, 2.45) is 64.2 Å². The summed E-state index contributed by atoms with van der Waals surface area (Å²) in [6.07, 6.45) is 13.8. The van der Waals surface area contributed by atoms with Crippen molar-refractivity contribution in [1.29, 1.82) is 10.8 Å². The summed E-state index contributed by atoms with van der Waals surface area (Å²) in [5, 5.41) is 75.1. The molecule has 5 saturated carbocycles. The number of guanidine groups is 2. The van der Waals surface area contributed by atoms with E-state index in [1.54, 1.807) is 6.20 Å². The zero-order valence-electron chi connectivity index (χ0n) is 77.0. The molecule has 0 bridgehead atoms. The van der Waals surface area contributed by atoms with E-state index in [-0.39, 0.29) is 107 Å². The highest BCUT2D eigenvalue weighted by Gasteiger charge is 2.44. The lowest BCUT2D eigenvalue weighted by atomic mass is 9.84. The number of aliphatic carboxylic acids is 1. The van der Waals surface area contributed by atoms with Crippen molar-refractivity contribution >= 4 is 129 Å². The molecule has 18 atom stereocenters. The van der Waals surface area contributed by atoms with Crippen molar-refractivity contribution in [3.8, 4) is 0 Å². The fraction of sp³-hybridized carbons (Fsp3) is 0.685. The molecule has 1 aromatic carbocycles. The van der Waals surface area contributed by atoms with Crippen LogP contribution in [0.1, 0.15) is 225 Å². The van der Waals surface area contributed by atoms with Gasteiger partial charge in [0.1, 0.15) is 54.4 Å². The standard InChI is InChI=1S/C89H142N26O19/c1-47(102-81(128)58-44-97-45-70(58)104-49(3)116)76(123)105-53(37-50-19-6-4-7-20-50)40-72(118)106-64(33-18-36-99-89(95)96)82(129)109-61-30-16-26-57(61)80(127)114-67(39-52-43-100-59-27-11-10-23-54(52)59)86(133)110-62-31-15-25-56(62)79(126)112-65(28-12-13-34-90)83(130)108-60-29-14-24-55(60)78(125)101-46-73(119)107-69(42-74(120)121)84(131)103-48(2)77(124)113-66(38-51-21-8-5-9-22-51)85(132)115-68(41-71(91)117)87(134)111-63(75(92)122)32-17-35-98-88(93)94/h10-11,23,27,43,47-48,50-51,53,55-58,60-70,97,100H,4-9,12-22,24-26,28-42,44-46,90H2,1-3H3,(H2,91,117)(H2,92,122)(H,101,125)(H,102,128)(H,103,131)(H,104,116)(H,105,123)(H,106,118)(H,107,119)(H,108,130)(H,109,129)(H,110,133)(H,111,134)(H,112,126)(H,113,124)(H,114,127)(H,115,132)(H,120,121)(H4,93,94,98)(H4,95,96,99)/t47-,48-,53-,55-,56-,57-,58-,60-,61-,62-,63-,64-,65-,66-,67-,68-,69-,70-/m0/s1. The molecule has 45 heteroatoms. The third-order valence-corrected chi connectivity index (χ3v) is 26.1. The lowest BCUT2D eigenvalue weighted by Crippen LogP contribution is -2.59. The molecule has 1 saturated heterocycles. The summed E-state index contributed by atoms with van der Waals surface area (Å²) in [6.45, 7) is 4.60. The summed E-state index contributed by atoms with van der Waals surface area (Å²) in [7, 11) is 0. The van der Waals surface area contributed by atoms with Crippen LogP contribution in [0, 0.1) is 46.3 Å². The number of carboxylic acids is 1. The molecule has 32 N–H and O–H groups in total. The second-order valence-corrected chi connectivity index (χ2v) is 36.6. The largest absolute Gasteiger partial charge is 0.481 e. The van der Waals surface area contributed by atoms with Crippen molar-refractivity contribution < 1.29 is 91.4 Å². The number of para-hydroxylation sites is 1. The summed E-state index contributed by atoms with van der Waals surface area (Å²) in [6, 6.07) is -8.35. The maximum Gasteiger partial charge on any atom is 0.305 e. The Morgan fingerprint density at radius 2 is 0.903 bits per heavy atom. The van der Waals surface area contributed by atoms with Gasteiger partial charge in [-0.15, -0.1) is 0 Å². The SMILES string of the molecule is CC(=O)N[C@H]1CNC[C@@H]1C(=O)N[C@@H](C)C(=O)N[C@H](CC(=O)N[C@@H](CCCNC(=N)N)C(=O)N[C@H]1CCC[C@@H]1C(=O)N[C@@H](Cc1c[nH]c2ccccc12)C(=O)N[C@H]1CCC[C@@H]1C(=O)N[C@@H](CCCCN)C(=O)N[C@H]1CCC[C@@H]1C(=O)NCC(=O)N[C@@H](CC(=O)O)C(=O)N[C@@H](C)C(=O)N[C@@H](CC1CCCCC1)C(=O)N[C@@H](CC(N)=O)C(=O)N[C@@H](CCCNC(=N)N)C(N)=O)CC1CCCCC1. The van der Waals surface area contributed by atoms with Crippen LogP contribution in [0.15, 0.2) is 30.5 Å². The summed E-state index contributed by atoms with van der Waals surface area (Å²) in [5.41, 5.74) is 29.3. The van der Waals surface area contributed by atoms with Gasteiger partial charge in [-0.05, 0) is 140 Å². The Kier molecular flexibility index (Phi) is 43.2. The Bertz CT molecular complexity index is 4440. The molecule has 45 nitrogen and oxygen atoms in total. The van der Waals surface area contributed by atoms with Gasteiger partial charge >= 0.3 is 5.97 Å². The normalized spacial score (nSPS) is 21.7. The third kappa shape index (κ3) is 34.9. The van der Waals surface area contributed by atoms with Crippen molar-refractivity contribution in [3.05, 3.63) is 36.0 Å². The Morgan fingerprint density at radius 1 is 0.425 bits per heavy atom. The first-order chi connectivity index (χ1) is 63.9. The number of amides is 17. The van der Waals surface area contributed by atoms with Crippen LogP contribution in [-0.2, 0) is 92.7 Å². The van der Waals surface area contributed by atoms with Crippen LogP contribution in [0.25, 0.3) is 10.9 Å². The van der Waals surface area contributed by atoms with E-state index in [1.807, 2.05) is 24.3 Å². The number of aromatic amines is 1. The quantitative estimate of drug-likeness (QED) is 0.0171. The summed E-state index contributed by atoms with van der Waals surface area (Å²) < 4.78 is 0. The molecule has 134 heavy (non-hydrogen) atoms. The lowest BCUT2D eigenvalue weighted by molar-refractivity contribution is -0.141. The van der Waals surface area contributed by atoms with Gasteiger partial charge in [-0.1, -0.05) is 102 Å². The number of nitrogens with one attached hydrogen (secondary N) is 21. The number of carboxylic acid groups (broad SMARTS) is 1. The molecule has 2 aromatic rings. The van der Waals surface area contributed by atoms with Crippen molar-refractivity contribution in [2.45, 2.75) is 311 Å². The molecule has 0 radical (unpaired) electrons. The minimum atomic E-state index is -1.83. The maximum absolute atomic E-state index is 15.1. The summed E-state index contributed by atoms with van der Waals surface area (Å²) in [4.78, 5) is 251. The van der Waals surface area contributed by atoms with Gasteiger partial charge in [0.2, 0.25) is 100 Å². The minimum absolute atomic E-state index is 0.0132. The molecule has 0 unspecified atom stereocenters. The number of nitrogens with two attached hydrogens (primary N) is 5. The van der Waals surface area contributed by atoms with Crippen LogP contribution in [-0.4, -0.2) is 252 Å². The zero-order valence-corrected chi connectivity index (χ0v) is 77.0. The van der Waals surface area contributed by atoms with E-state index in [2.05, 4.69) is 101 Å². The van der Waals surface area contributed by atoms with Gasteiger partial charge in [0.05, 0.1) is 49.1 Å². The number of unbranched alkanes of at least 4 members (excludes halogenated alkanes) is 1. The molecular weight excluding hydrogens is 1740 g/mol. The Balaban J connectivity index is 0.872.